The van der Waals surface area contributed by atoms with E-state index in [2.05, 4.69) is 20.9 Å². The normalized spacial score (nSPS) is 19.0. The van der Waals surface area contributed by atoms with Gasteiger partial charge in [0.05, 0.1) is 14.9 Å². The molecule has 4 aromatic rings. The molecule has 1 aromatic carbocycles. The van der Waals surface area contributed by atoms with E-state index in [0.29, 0.717) is 38.6 Å². The van der Waals surface area contributed by atoms with Crippen molar-refractivity contribution in [2.24, 2.45) is 16.3 Å². The maximum Gasteiger partial charge on any atom is 0.239 e. The second kappa shape index (κ2) is 9.14. The maximum absolute atomic E-state index is 12.8. The Morgan fingerprint density at radius 2 is 1.86 bits per heavy atom. The fourth-order valence-electron chi connectivity index (χ4n) is 5.57. The van der Waals surface area contributed by atoms with E-state index in [4.69, 9.17) is 34.1 Å². The van der Waals surface area contributed by atoms with Crippen LogP contribution >= 0.6 is 35.0 Å². The van der Waals surface area contributed by atoms with E-state index in [9.17, 15) is 8.42 Å². The van der Waals surface area contributed by atoms with Crippen LogP contribution < -0.4 is 15.8 Å². The molecule has 0 amide bonds. The minimum absolute atomic E-state index is 0.00305. The van der Waals surface area contributed by atoms with Crippen LogP contribution in [0.2, 0.25) is 10.0 Å². The number of nitrogens with zero attached hydrogens (tertiary/aromatic N) is 4. The average Bonchev–Trinajstić information content (AvgIpc) is 3.46. The summed E-state index contributed by atoms with van der Waals surface area (Å²) in [5.74, 6) is 0.718. The first kappa shape index (κ1) is 25.0. The lowest BCUT2D eigenvalue weighted by Crippen LogP contribution is -2.45. The first-order valence-electron chi connectivity index (χ1n) is 11.8. The standard InChI is InChI=1S/C25H24Cl2N6O2S2/c26-16-4-1-5-18(21(16)27)36-22-19(37(29,34)35)13-20(33-12-9-31-24(22)33)32-10-6-25(7-11-32)14-17-15(23(25)28)3-2-8-30-17/h1-5,8-9,12-13,23H,6-7,10-11,14,28H2,(H2,29,34,35)/t23-/m1/s1. The fraction of sp³-hybridized carbons (Fsp3) is 0.280. The highest BCUT2D eigenvalue weighted by atomic mass is 35.5. The van der Waals surface area contributed by atoms with E-state index in [-0.39, 0.29) is 16.4 Å². The van der Waals surface area contributed by atoms with Crippen molar-refractivity contribution >= 4 is 56.5 Å². The minimum Gasteiger partial charge on any atom is -0.358 e. The number of imidazole rings is 1. The number of benzene rings is 1. The van der Waals surface area contributed by atoms with Crippen molar-refractivity contribution in [3.05, 3.63) is 76.3 Å². The van der Waals surface area contributed by atoms with Crippen molar-refractivity contribution in [2.45, 2.75) is 40.0 Å². The Kier molecular flexibility index (Phi) is 6.17. The Morgan fingerprint density at radius 3 is 2.59 bits per heavy atom. The zero-order valence-corrected chi connectivity index (χ0v) is 22.8. The van der Waals surface area contributed by atoms with Gasteiger partial charge < -0.3 is 10.6 Å². The first-order chi connectivity index (χ1) is 17.7. The van der Waals surface area contributed by atoms with Gasteiger partial charge in [0.15, 0.2) is 5.65 Å². The second-order valence-corrected chi connectivity index (χ2v) is 12.9. The zero-order chi connectivity index (χ0) is 25.9. The molecule has 0 radical (unpaired) electrons. The average molecular weight is 576 g/mol. The lowest BCUT2D eigenvalue weighted by molar-refractivity contribution is 0.186. The summed E-state index contributed by atoms with van der Waals surface area (Å²) in [6, 6.07) is 10.8. The van der Waals surface area contributed by atoms with Gasteiger partial charge in [-0.2, -0.15) is 0 Å². The molecule has 3 aromatic heterocycles. The van der Waals surface area contributed by atoms with Crippen LogP contribution in [-0.4, -0.2) is 35.9 Å². The quantitative estimate of drug-likeness (QED) is 0.363. The molecule has 1 atom stereocenters. The van der Waals surface area contributed by atoms with Crippen LogP contribution in [-0.2, 0) is 16.4 Å². The van der Waals surface area contributed by atoms with Gasteiger partial charge >= 0.3 is 0 Å². The summed E-state index contributed by atoms with van der Waals surface area (Å²) in [5, 5.41) is 6.44. The predicted molar refractivity (Wildman–Crippen MR) is 146 cm³/mol. The number of piperidine rings is 1. The third-order valence-electron chi connectivity index (χ3n) is 7.53. The number of fused-ring (bicyclic) bond motifs is 2. The number of aromatic nitrogens is 3. The van der Waals surface area contributed by atoms with Gasteiger partial charge in [-0.1, -0.05) is 47.1 Å². The van der Waals surface area contributed by atoms with Gasteiger partial charge in [-0.3, -0.25) is 9.38 Å². The fourth-order valence-corrected chi connectivity index (χ4v) is 8.10. The molecule has 1 aliphatic heterocycles. The third-order valence-corrected chi connectivity index (χ3v) is 10.7. The number of pyridine rings is 2. The number of nitrogens with two attached hydrogens (primary N) is 2. The highest BCUT2D eigenvalue weighted by Crippen LogP contribution is 2.51. The van der Waals surface area contributed by atoms with Crippen molar-refractivity contribution in [2.75, 3.05) is 18.0 Å². The molecule has 0 unspecified atom stereocenters. The van der Waals surface area contributed by atoms with Crippen LogP contribution in [0.4, 0.5) is 5.82 Å². The molecule has 1 saturated heterocycles. The molecule has 4 N–H and O–H groups in total. The number of anilines is 1. The van der Waals surface area contributed by atoms with Crippen LogP contribution in [0.1, 0.15) is 30.1 Å². The summed E-state index contributed by atoms with van der Waals surface area (Å²) < 4.78 is 27.5. The molecule has 6 rings (SSSR count). The van der Waals surface area contributed by atoms with Gasteiger partial charge in [0.1, 0.15) is 10.7 Å². The van der Waals surface area contributed by atoms with Crippen LogP contribution in [0.15, 0.2) is 69.7 Å². The zero-order valence-electron chi connectivity index (χ0n) is 19.6. The topological polar surface area (TPSA) is 120 Å². The van der Waals surface area contributed by atoms with Crippen molar-refractivity contribution < 1.29 is 8.42 Å². The molecule has 2 aliphatic rings. The Hall–Kier alpha value is -2.34. The predicted octanol–water partition coefficient (Wildman–Crippen LogP) is 4.68. The summed E-state index contributed by atoms with van der Waals surface area (Å²) in [7, 11) is -4.08. The molecule has 37 heavy (non-hydrogen) atoms. The highest BCUT2D eigenvalue weighted by Gasteiger charge is 2.46. The Morgan fingerprint density at radius 1 is 1.08 bits per heavy atom. The van der Waals surface area contributed by atoms with Crippen LogP contribution in [0.3, 0.4) is 0 Å². The van der Waals surface area contributed by atoms with Crippen LogP contribution in [0, 0.1) is 5.41 Å². The SMILES string of the molecule is N[C@@H]1c2cccnc2CC12CCN(c1cc(S(N)(=O)=O)c(Sc3cccc(Cl)c3Cl)c3nccn13)CC2. The van der Waals surface area contributed by atoms with E-state index in [1.54, 1.807) is 30.5 Å². The van der Waals surface area contributed by atoms with Crippen molar-refractivity contribution in [3.8, 4) is 0 Å². The summed E-state index contributed by atoms with van der Waals surface area (Å²) in [5.41, 5.74) is 9.36. The van der Waals surface area contributed by atoms with Gasteiger partial charge in [-0.25, -0.2) is 18.5 Å². The summed E-state index contributed by atoms with van der Waals surface area (Å²) in [6.07, 6.45) is 7.88. The first-order valence-corrected chi connectivity index (χ1v) is 14.9. The number of primary sulfonamides is 1. The molecule has 8 nitrogen and oxygen atoms in total. The lowest BCUT2D eigenvalue weighted by atomic mass is 9.73. The molecular weight excluding hydrogens is 551 g/mol. The van der Waals surface area contributed by atoms with Gasteiger partial charge in [0, 0.05) is 54.4 Å². The lowest BCUT2D eigenvalue weighted by Gasteiger charge is -2.43. The largest absolute Gasteiger partial charge is 0.358 e. The second-order valence-electron chi connectivity index (χ2n) is 9.56. The Labute approximate surface area is 229 Å². The van der Waals surface area contributed by atoms with E-state index in [1.807, 2.05) is 22.9 Å². The number of hydrogen-bond acceptors (Lipinski definition) is 7. The highest BCUT2D eigenvalue weighted by molar-refractivity contribution is 8.00. The van der Waals surface area contributed by atoms with E-state index in [0.717, 1.165) is 36.3 Å². The van der Waals surface area contributed by atoms with Gasteiger partial charge in [0.25, 0.3) is 0 Å². The minimum atomic E-state index is -4.08. The molecule has 1 aliphatic carbocycles. The third kappa shape index (κ3) is 4.20. The Balaban J connectivity index is 1.37. The molecule has 12 heteroatoms. The summed E-state index contributed by atoms with van der Waals surface area (Å²) in [6.45, 7) is 1.43. The molecule has 192 valence electrons. The van der Waals surface area contributed by atoms with E-state index in [1.165, 1.54) is 11.8 Å². The maximum atomic E-state index is 12.8. The monoisotopic (exact) mass is 574 g/mol. The molecule has 4 heterocycles. The van der Waals surface area contributed by atoms with Gasteiger partial charge in [-0.15, -0.1) is 0 Å². The van der Waals surface area contributed by atoms with E-state index >= 15 is 0 Å². The smallest absolute Gasteiger partial charge is 0.239 e. The van der Waals surface area contributed by atoms with Crippen molar-refractivity contribution in [3.63, 3.8) is 0 Å². The molecule has 1 spiro atoms. The number of rotatable bonds is 4. The van der Waals surface area contributed by atoms with Crippen LogP contribution in [0.25, 0.3) is 5.65 Å². The van der Waals surface area contributed by atoms with Crippen LogP contribution in [0.5, 0.6) is 0 Å². The molecule has 0 bridgehead atoms. The molecule has 0 saturated carbocycles. The number of halogens is 2. The van der Waals surface area contributed by atoms with Crippen molar-refractivity contribution in [1.82, 2.24) is 14.4 Å². The Bertz CT molecular complexity index is 1630. The van der Waals surface area contributed by atoms with Gasteiger partial charge in [-0.05, 0) is 48.4 Å². The van der Waals surface area contributed by atoms with Crippen molar-refractivity contribution in [1.29, 1.82) is 0 Å². The summed E-state index contributed by atoms with van der Waals surface area (Å²) >= 11 is 13.8. The molecule has 1 fully saturated rings. The number of hydrogen-bond donors (Lipinski definition) is 2. The number of sulfonamides is 1. The summed E-state index contributed by atoms with van der Waals surface area (Å²) in [4.78, 5) is 12.2. The molecular formula is C25H24Cl2N6O2S2. The van der Waals surface area contributed by atoms with E-state index < -0.39 is 10.0 Å². The van der Waals surface area contributed by atoms with Gasteiger partial charge in [0.2, 0.25) is 10.0 Å².